The van der Waals surface area contributed by atoms with Crippen LogP contribution in [0.25, 0.3) is 0 Å². The number of rotatable bonds is 3. The fourth-order valence-corrected chi connectivity index (χ4v) is 1.38. The molecule has 1 heterocycles. The molecule has 7 heteroatoms. The highest BCUT2D eigenvalue weighted by Crippen LogP contribution is 2.26. The van der Waals surface area contributed by atoms with Crippen molar-refractivity contribution in [2.75, 3.05) is 7.11 Å². The quantitative estimate of drug-likeness (QED) is 0.832. The molecule has 0 aliphatic heterocycles. The minimum Gasteiger partial charge on any atom is -0.469 e. The summed E-state index contributed by atoms with van der Waals surface area (Å²) in [5.41, 5.74) is -1.40. The highest BCUT2D eigenvalue weighted by molar-refractivity contribution is 6.32. The van der Waals surface area contributed by atoms with E-state index in [0.29, 0.717) is 0 Å². The van der Waals surface area contributed by atoms with Gasteiger partial charge in [-0.15, -0.1) is 0 Å². The van der Waals surface area contributed by atoms with Crippen molar-refractivity contribution in [3.63, 3.8) is 0 Å². The molecule has 0 amide bonds. The van der Waals surface area contributed by atoms with Crippen LogP contribution in [0.15, 0.2) is 10.9 Å². The van der Waals surface area contributed by atoms with Crippen LogP contribution < -0.4 is 5.56 Å². The minimum absolute atomic E-state index is 0.0209. The zero-order valence-electron chi connectivity index (χ0n) is 8.22. The van der Waals surface area contributed by atoms with E-state index in [-0.39, 0.29) is 17.0 Å². The number of hydrogen-bond acceptors (Lipinski definition) is 3. The molecule has 0 saturated carbocycles. The van der Waals surface area contributed by atoms with Gasteiger partial charge >= 0.3 is 5.97 Å². The van der Waals surface area contributed by atoms with Gasteiger partial charge in [-0.2, -0.15) is 0 Å². The average molecular weight is 252 g/mol. The van der Waals surface area contributed by atoms with Crippen LogP contribution in [-0.4, -0.2) is 18.1 Å². The number of ether oxygens (including phenoxy) is 1. The van der Waals surface area contributed by atoms with Gasteiger partial charge in [-0.25, -0.2) is 8.78 Å². The number of pyridine rings is 1. The summed E-state index contributed by atoms with van der Waals surface area (Å²) in [5, 5.41) is -0.319. The second-order valence-electron chi connectivity index (χ2n) is 2.94. The molecular formula is C9H8ClF2NO3. The van der Waals surface area contributed by atoms with Gasteiger partial charge in [-0.05, 0) is 5.56 Å². The zero-order chi connectivity index (χ0) is 12.3. The Labute approximate surface area is 94.2 Å². The van der Waals surface area contributed by atoms with Crippen LogP contribution in [0.5, 0.6) is 0 Å². The molecule has 0 aliphatic carbocycles. The van der Waals surface area contributed by atoms with Gasteiger partial charge in [0.15, 0.2) is 0 Å². The summed E-state index contributed by atoms with van der Waals surface area (Å²) in [6.45, 7) is 0. The first-order chi connectivity index (χ1) is 7.45. The fourth-order valence-electron chi connectivity index (χ4n) is 1.12. The molecule has 4 nitrogen and oxygen atoms in total. The van der Waals surface area contributed by atoms with Gasteiger partial charge in [0.25, 0.3) is 6.43 Å². The van der Waals surface area contributed by atoms with Crippen molar-refractivity contribution in [1.82, 2.24) is 4.98 Å². The molecule has 0 atom stereocenters. The Kier molecular flexibility index (Phi) is 4.00. The van der Waals surface area contributed by atoms with Crippen molar-refractivity contribution >= 4 is 17.6 Å². The van der Waals surface area contributed by atoms with E-state index in [2.05, 4.69) is 4.74 Å². The summed E-state index contributed by atoms with van der Waals surface area (Å²) >= 11 is 5.62. The van der Waals surface area contributed by atoms with Crippen LogP contribution in [0.3, 0.4) is 0 Å². The lowest BCUT2D eigenvalue weighted by molar-refractivity contribution is -0.139. The number of methoxy groups -OCH3 is 1. The third-order valence-corrected chi connectivity index (χ3v) is 2.31. The number of halogens is 3. The maximum absolute atomic E-state index is 12.4. The van der Waals surface area contributed by atoms with Gasteiger partial charge in [0.1, 0.15) is 5.69 Å². The molecule has 16 heavy (non-hydrogen) atoms. The van der Waals surface area contributed by atoms with E-state index in [1.54, 1.807) is 0 Å². The monoisotopic (exact) mass is 251 g/mol. The molecule has 0 fully saturated rings. The largest absolute Gasteiger partial charge is 0.469 e. The zero-order valence-corrected chi connectivity index (χ0v) is 8.98. The number of hydrogen-bond donors (Lipinski definition) is 1. The van der Waals surface area contributed by atoms with Gasteiger partial charge in [0.05, 0.1) is 18.6 Å². The Hall–Kier alpha value is -1.43. The second-order valence-corrected chi connectivity index (χ2v) is 3.32. The van der Waals surface area contributed by atoms with Crippen LogP contribution >= 0.6 is 11.6 Å². The lowest BCUT2D eigenvalue weighted by Crippen LogP contribution is -2.14. The summed E-state index contributed by atoms with van der Waals surface area (Å²) in [6.07, 6.45) is -3.23. The fraction of sp³-hybridized carbons (Fsp3) is 0.333. The maximum atomic E-state index is 12.4. The highest BCUT2D eigenvalue weighted by Gasteiger charge is 2.18. The summed E-state index contributed by atoms with van der Waals surface area (Å²) in [6, 6.07) is 0.991. The number of H-pyrrole nitrogens is 1. The smallest absolute Gasteiger partial charge is 0.310 e. The molecule has 0 saturated heterocycles. The molecule has 0 radical (unpaired) electrons. The summed E-state index contributed by atoms with van der Waals surface area (Å²) in [7, 11) is 1.15. The van der Waals surface area contributed by atoms with Crippen molar-refractivity contribution < 1.29 is 18.3 Å². The van der Waals surface area contributed by atoms with Crippen LogP contribution in [0, 0.1) is 0 Å². The summed E-state index contributed by atoms with van der Waals surface area (Å²) in [5.74, 6) is -0.660. The van der Waals surface area contributed by atoms with Gasteiger partial charge in [0, 0.05) is 6.07 Å². The van der Waals surface area contributed by atoms with Crippen LogP contribution in [0.4, 0.5) is 8.78 Å². The molecule has 0 bridgehead atoms. The Morgan fingerprint density at radius 2 is 2.25 bits per heavy atom. The number of aromatic nitrogens is 1. The highest BCUT2D eigenvalue weighted by atomic mass is 35.5. The number of aromatic amines is 1. The summed E-state index contributed by atoms with van der Waals surface area (Å²) in [4.78, 5) is 23.9. The van der Waals surface area contributed by atoms with E-state index in [1.165, 1.54) is 0 Å². The van der Waals surface area contributed by atoms with Crippen LogP contribution in [0.2, 0.25) is 5.02 Å². The molecular weight excluding hydrogens is 244 g/mol. The maximum Gasteiger partial charge on any atom is 0.310 e. The molecule has 0 aromatic carbocycles. The molecule has 0 aliphatic rings. The van der Waals surface area contributed by atoms with E-state index in [1.807, 2.05) is 4.98 Å². The molecule has 1 aromatic heterocycles. The van der Waals surface area contributed by atoms with Crippen molar-refractivity contribution in [1.29, 1.82) is 0 Å². The normalized spacial score (nSPS) is 10.6. The average Bonchev–Trinajstić information content (AvgIpc) is 2.22. The van der Waals surface area contributed by atoms with Crippen molar-refractivity contribution in [3.8, 4) is 0 Å². The van der Waals surface area contributed by atoms with E-state index in [4.69, 9.17) is 11.6 Å². The van der Waals surface area contributed by atoms with E-state index in [9.17, 15) is 18.4 Å². The first kappa shape index (κ1) is 12.6. The van der Waals surface area contributed by atoms with Crippen molar-refractivity contribution in [2.45, 2.75) is 12.8 Å². The Bertz CT molecular complexity index is 459. The van der Waals surface area contributed by atoms with Gasteiger partial charge in [-0.3, -0.25) is 9.59 Å². The van der Waals surface area contributed by atoms with Crippen LogP contribution in [0.1, 0.15) is 17.7 Å². The predicted molar refractivity (Wildman–Crippen MR) is 52.7 cm³/mol. The van der Waals surface area contributed by atoms with E-state index < -0.39 is 23.6 Å². The molecule has 1 rings (SSSR count). The Morgan fingerprint density at radius 3 is 2.75 bits per heavy atom. The first-order valence-electron chi connectivity index (χ1n) is 4.22. The lowest BCUT2D eigenvalue weighted by atomic mass is 10.1. The van der Waals surface area contributed by atoms with E-state index in [0.717, 1.165) is 13.2 Å². The third-order valence-electron chi connectivity index (χ3n) is 1.86. The molecule has 88 valence electrons. The van der Waals surface area contributed by atoms with Crippen LogP contribution in [-0.2, 0) is 16.0 Å². The number of esters is 1. The molecule has 0 spiro atoms. The third kappa shape index (κ3) is 2.79. The van der Waals surface area contributed by atoms with Gasteiger partial charge in [-0.1, -0.05) is 11.6 Å². The Morgan fingerprint density at radius 1 is 1.62 bits per heavy atom. The SMILES string of the molecule is COC(=O)Cc1cc(=O)[nH]c(C(F)F)c1Cl. The predicted octanol–water partition coefficient (Wildman–Crippen LogP) is 1.68. The second kappa shape index (κ2) is 5.07. The van der Waals surface area contributed by atoms with Crippen molar-refractivity contribution in [3.05, 3.63) is 32.7 Å². The molecule has 1 aromatic rings. The van der Waals surface area contributed by atoms with Gasteiger partial charge < -0.3 is 9.72 Å². The van der Waals surface area contributed by atoms with Crippen molar-refractivity contribution in [2.24, 2.45) is 0 Å². The van der Waals surface area contributed by atoms with E-state index >= 15 is 0 Å². The number of carbonyl (C=O) groups excluding carboxylic acids is 1. The number of nitrogens with one attached hydrogen (secondary N) is 1. The minimum atomic E-state index is -2.90. The topological polar surface area (TPSA) is 59.2 Å². The molecule has 1 N–H and O–H groups in total. The first-order valence-corrected chi connectivity index (χ1v) is 4.60. The lowest BCUT2D eigenvalue weighted by Gasteiger charge is -2.07. The number of carbonyl (C=O) groups is 1. The Balaban J connectivity index is 3.19. The number of alkyl halides is 2. The standard InChI is InChI=1S/C9H8ClF2NO3/c1-16-6(15)3-4-2-5(14)13-8(7(4)10)9(11)12/h2,9H,3H2,1H3,(H,13,14). The molecule has 0 unspecified atom stereocenters. The van der Waals surface area contributed by atoms with Gasteiger partial charge in [0.2, 0.25) is 5.56 Å². The summed E-state index contributed by atoms with van der Waals surface area (Å²) < 4.78 is 29.2.